The first kappa shape index (κ1) is 13.5. The number of hydrogen-bond acceptors (Lipinski definition) is 3. The molecule has 0 atom stereocenters. The van der Waals surface area contributed by atoms with Crippen LogP contribution in [0.4, 0.5) is 0 Å². The zero-order valence-corrected chi connectivity index (χ0v) is 12.0. The minimum atomic E-state index is -0.00477. The van der Waals surface area contributed by atoms with Crippen LogP contribution in [0.3, 0.4) is 0 Å². The van der Waals surface area contributed by atoms with Crippen LogP contribution in [0.2, 0.25) is 0 Å². The number of aryl methyl sites for hydroxylation is 1. The molecule has 0 aromatic carbocycles. The molecule has 1 aromatic heterocycles. The number of carbonyl (C=O) groups is 1. The summed E-state index contributed by atoms with van der Waals surface area (Å²) >= 11 is 1.81. The molecule has 1 heterocycles. The molecular weight excluding hydrogens is 246 g/mol. The molecule has 1 aromatic rings. The van der Waals surface area contributed by atoms with E-state index < -0.39 is 0 Å². The fourth-order valence-corrected chi connectivity index (χ4v) is 2.89. The molecule has 0 unspecified atom stereocenters. The van der Waals surface area contributed by atoms with Crippen LogP contribution < -0.4 is 5.32 Å². The highest BCUT2D eigenvalue weighted by molar-refractivity contribution is 7.98. The van der Waals surface area contributed by atoms with E-state index in [0.717, 1.165) is 31.6 Å². The summed E-state index contributed by atoms with van der Waals surface area (Å²) in [5.41, 5.74) is 3.07. The van der Waals surface area contributed by atoms with Crippen molar-refractivity contribution < 1.29 is 4.79 Å². The molecule has 2 rings (SSSR count). The number of thioether (sulfide) groups is 1. The summed E-state index contributed by atoms with van der Waals surface area (Å²) in [5, 5.41) is 7.36. The third-order valence-corrected chi connectivity index (χ3v) is 4.09. The SMILES string of the molecule is CSCCCNC(=O)c1nn(C)c2c1CCCC2. The third-order valence-electron chi connectivity index (χ3n) is 3.39. The van der Waals surface area contributed by atoms with Gasteiger partial charge in [-0.15, -0.1) is 0 Å². The minimum Gasteiger partial charge on any atom is -0.351 e. The summed E-state index contributed by atoms with van der Waals surface area (Å²) in [6.07, 6.45) is 7.53. The Kier molecular flexibility index (Phi) is 4.69. The lowest BCUT2D eigenvalue weighted by Gasteiger charge is -2.12. The largest absolute Gasteiger partial charge is 0.351 e. The van der Waals surface area contributed by atoms with Crippen molar-refractivity contribution in [2.24, 2.45) is 7.05 Å². The number of nitrogens with zero attached hydrogens (tertiary/aromatic N) is 2. The van der Waals surface area contributed by atoms with Gasteiger partial charge in [-0.1, -0.05) is 0 Å². The molecule has 0 aliphatic heterocycles. The van der Waals surface area contributed by atoms with Crippen LogP contribution in [0.1, 0.15) is 41.0 Å². The topological polar surface area (TPSA) is 46.9 Å². The summed E-state index contributed by atoms with van der Waals surface area (Å²) in [6.45, 7) is 0.741. The van der Waals surface area contributed by atoms with E-state index in [2.05, 4.69) is 16.7 Å². The van der Waals surface area contributed by atoms with E-state index >= 15 is 0 Å². The van der Waals surface area contributed by atoms with E-state index in [1.807, 2.05) is 11.7 Å². The molecule has 0 radical (unpaired) electrons. The average molecular weight is 267 g/mol. The van der Waals surface area contributed by atoms with Gasteiger partial charge in [-0.05, 0) is 44.1 Å². The molecule has 1 amide bonds. The number of aromatic nitrogens is 2. The maximum atomic E-state index is 12.1. The monoisotopic (exact) mass is 267 g/mol. The number of fused-ring (bicyclic) bond motifs is 1. The lowest BCUT2D eigenvalue weighted by molar-refractivity contribution is 0.0947. The lowest BCUT2D eigenvalue weighted by Crippen LogP contribution is -2.26. The Morgan fingerprint density at radius 2 is 2.22 bits per heavy atom. The number of nitrogens with one attached hydrogen (secondary N) is 1. The van der Waals surface area contributed by atoms with Crippen molar-refractivity contribution in [1.29, 1.82) is 0 Å². The Hall–Kier alpha value is -0.970. The van der Waals surface area contributed by atoms with E-state index in [4.69, 9.17) is 0 Å². The molecule has 1 N–H and O–H groups in total. The van der Waals surface area contributed by atoms with Crippen LogP contribution in [-0.2, 0) is 19.9 Å². The Labute approximate surface area is 113 Å². The minimum absolute atomic E-state index is 0.00477. The standard InChI is InChI=1S/C13H21N3OS/c1-16-11-7-4-3-6-10(11)12(15-16)13(17)14-8-5-9-18-2/h3-9H2,1-2H3,(H,14,17). The van der Waals surface area contributed by atoms with Gasteiger partial charge in [0, 0.05) is 24.8 Å². The summed E-state index contributed by atoms with van der Waals surface area (Å²) < 4.78 is 1.88. The average Bonchev–Trinajstić information content (AvgIpc) is 2.73. The Morgan fingerprint density at radius 1 is 1.44 bits per heavy atom. The zero-order valence-electron chi connectivity index (χ0n) is 11.2. The summed E-state index contributed by atoms with van der Waals surface area (Å²) in [4.78, 5) is 12.1. The Bertz CT molecular complexity index is 428. The van der Waals surface area contributed by atoms with Crippen LogP contribution in [0.15, 0.2) is 0 Å². The quantitative estimate of drug-likeness (QED) is 0.827. The number of carbonyl (C=O) groups excluding carboxylic acids is 1. The molecule has 5 heteroatoms. The molecule has 0 saturated heterocycles. The van der Waals surface area contributed by atoms with Crippen LogP contribution in [0.5, 0.6) is 0 Å². The predicted molar refractivity (Wildman–Crippen MR) is 75.2 cm³/mol. The number of rotatable bonds is 5. The smallest absolute Gasteiger partial charge is 0.272 e. The van der Waals surface area contributed by atoms with Gasteiger partial charge >= 0.3 is 0 Å². The molecule has 1 aliphatic carbocycles. The van der Waals surface area contributed by atoms with Gasteiger partial charge < -0.3 is 5.32 Å². The third kappa shape index (κ3) is 2.88. The maximum Gasteiger partial charge on any atom is 0.272 e. The van der Waals surface area contributed by atoms with E-state index in [-0.39, 0.29) is 5.91 Å². The van der Waals surface area contributed by atoms with Crippen LogP contribution in [0, 0.1) is 0 Å². The molecule has 0 bridgehead atoms. The van der Waals surface area contributed by atoms with Crippen LogP contribution >= 0.6 is 11.8 Å². The normalized spacial score (nSPS) is 14.3. The van der Waals surface area contributed by atoms with Crippen molar-refractivity contribution in [3.05, 3.63) is 17.0 Å². The second-order valence-electron chi connectivity index (χ2n) is 4.71. The summed E-state index contributed by atoms with van der Waals surface area (Å²) in [6, 6.07) is 0. The van der Waals surface area contributed by atoms with Gasteiger partial charge in [0.1, 0.15) is 0 Å². The first-order valence-corrected chi connectivity index (χ1v) is 7.95. The second-order valence-corrected chi connectivity index (χ2v) is 5.69. The van der Waals surface area contributed by atoms with Crippen LogP contribution in [-0.4, -0.2) is 34.2 Å². The fourth-order valence-electron chi connectivity index (χ4n) is 2.46. The summed E-state index contributed by atoms with van der Waals surface area (Å²) in [7, 11) is 1.94. The highest BCUT2D eigenvalue weighted by Gasteiger charge is 2.23. The van der Waals surface area contributed by atoms with E-state index in [1.165, 1.54) is 24.1 Å². The Balaban J connectivity index is 2.02. The van der Waals surface area contributed by atoms with Gasteiger partial charge in [0.25, 0.3) is 5.91 Å². The Morgan fingerprint density at radius 3 is 3.00 bits per heavy atom. The molecule has 4 nitrogen and oxygen atoms in total. The van der Waals surface area contributed by atoms with Gasteiger partial charge in [0.15, 0.2) is 5.69 Å². The van der Waals surface area contributed by atoms with E-state index in [1.54, 1.807) is 11.8 Å². The molecule has 100 valence electrons. The van der Waals surface area contributed by atoms with Gasteiger partial charge in [0.05, 0.1) is 0 Å². The number of hydrogen-bond donors (Lipinski definition) is 1. The maximum absolute atomic E-state index is 12.1. The fraction of sp³-hybridized carbons (Fsp3) is 0.692. The molecule has 1 aliphatic rings. The first-order chi connectivity index (χ1) is 8.74. The number of amides is 1. The highest BCUT2D eigenvalue weighted by Crippen LogP contribution is 2.23. The summed E-state index contributed by atoms with van der Waals surface area (Å²) in [5.74, 6) is 1.08. The lowest BCUT2D eigenvalue weighted by atomic mass is 9.95. The van der Waals surface area contributed by atoms with Crippen molar-refractivity contribution in [3.63, 3.8) is 0 Å². The molecule has 0 fully saturated rings. The van der Waals surface area contributed by atoms with Crippen molar-refractivity contribution in [1.82, 2.24) is 15.1 Å². The van der Waals surface area contributed by atoms with Crippen molar-refractivity contribution in [2.45, 2.75) is 32.1 Å². The highest BCUT2D eigenvalue weighted by atomic mass is 32.2. The molecule has 0 spiro atoms. The molecular formula is C13H21N3OS. The predicted octanol–water partition coefficient (Wildman–Crippen LogP) is 1.78. The van der Waals surface area contributed by atoms with E-state index in [0.29, 0.717) is 5.69 Å². The van der Waals surface area contributed by atoms with Crippen LogP contribution in [0.25, 0.3) is 0 Å². The van der Waals surface area contributed by atoms with Gasteiger partial charge in [-0.3, -0.25) is 9.48 Å². The van der Waals surface area contributed by atoms with Gasteiger partial charge in [0.2, 0.25) is 0 Å². The molecule has 0 saturated carbocycles. The second kappa shape index (κ2) is 6.27. The zero-order chi connectivity index (χ0) is 13.0. The van der Waals surface area contributed by atoms with Crippen molar-refractivity contribution in [3.8, 4) is 0 Å². The van der Waals surface area contributed by atoms with Gasteiger partial charge in [-0.2, -0.15) is 16.9 Å². The van der Waals surface area contributed by atoms with Gasteiger partial charge in [-0.25, -0.2) is 0 Å². The van der Waals surface area contributed by atoms with E-state index in [9.17, 15) is 4.79 Å². The van der Waals surface area contributed by atoms with Crippen molar-refractivity contribution >= 4 is 17.7 Å². The molecule has 18 heavy (non-hydrogen) atoms. The first-order valence-electron chi connectivity index (χ1n) is 6.56. The van der Waals surface area contributed by atoms with Crippen molar-refractivity contribution in [2.75, 3.05) is 18.6 Å².